The molecule has 8 heteroatoms. The van der Waals surface area contributed by atoms with Crippen LogP contribution in [0.1, 0.15) is 11.1 Å². The summed E-state index contributed by atoms with van der Waals surface area (Å²) in [5, 5.41) is 4.91. The molecule has 2 aromatic rings. The van der Waals surface area contributed by atoms with E-state index in [4.69, 9.17) is 16.3 Å². The van der Waals surface area contributed by atoms with Crippen LogP contribution in [-0.2, 0) is 11.3 Å². The second-order valence-electron chi connectivity index (χ2n) is 7.12. The maximum absolute atomic E-state index is 12.2. The maximum Gasteiger partial charge on any atom is 0.295 e. The van der Waals surface area contributed by atoms with Crippen LogP contribution >= 0.6 is 27.5 Å². The number of methoxy groups -OCH3 is 1. The van der Waals surface area contributed by atoms with Gasteiger partial charge in [0.15, 0.2) is 6.54 Å². The summed E-state index contributed by atoms with van der Waals surface area (Å²) < 4.78 is 6.22. The van der Waals surface area contributed by atoms with E-state index in [1.54, 1.807) is 13.3 Å². The average molecular weight is 482 g/mol. The molecular formula is C21H26BrClN4O2+2. The first kappa shape index (κ1) is 21.8. The van der Waals surface area contributed by atoms with Crippen molar-refractivity contribution < 1.29 is 19.3 Å². The van der Waals surface area contributed by atoms with Crippen molar-refractivity contribution in [1.82, 2.24) is 5.43 Å². The molecule has 1 heterocycles. The van der Waals surface area contributed by atoms with E-state index in [-0.39, 0.29) is 5.91 Å². The first-order valence-electron chi connectivity index (χ1n) is 9.61. The van der Waals surface area contributed by atoms with Crippen LogP contribution in [0, 0.1) is 0 Å². The number of amides is 1. The molecule has 0 bridgehead atoms. The highest BCUT2D eigenvalue weighted by atomic mass is 79.9. The predicted octanol–water partition coefficient (Wildman–Crippen LogP) is 0.545. The minimum Gasteiger partial charge on any atom is -0.496 e. The van der Waals surface area contributed by atoms with Crippen molar-refractivity contribution >= 4 is 39.7 Å². The van der Waals surface area contributed by atoms with Crippen LogP contribution < -0.4 is 20.0 Å². The normalized spacial score (nSPS) is 19.3. The van der Waals surface area contributed by atoms with Gasteiger partial charge in [-0.15, -0.1) is 0 Å². The zero-order valence-corrected chi connectivity index (χ0v) is 18.7. The third-order valence-electron chi connectivity index (χ3n) is 5.06. The number of hydrogen-bond acceptors (Lipinski definition) is 3. The van der Waals surface area contributed by atoms with Gasteiger partial charge in [-0.05, 0) is 24.3 Å². The lowest BCUT2D eigenvalue weighted by molar-refractivity contribution is -1.02. The summed E-state index contributed by atoms with van der Waals surface area (Å²) in [6, 6.07) is 13.6. The lowest BCUT2D eigenvalue weighted by Gasteiger charge is -2.29. The van der Waals surface area contributed by atoms with Crippen molar-refractivity contribution in [3.8, 4) is 5.75 Å². The van der Waals surface area contributed by atoms with Crippen molar-refractivity contribution in [2.24, 2.45) is 5.10 Å². The van der Waals surface area contributed by atoms with Crippen molar-refractivity contribution in [2.75, 3.05) is 39.8 Å². The van der Waals surface area contributed by atoms with Crippen molar-refractivity contribution in [2.45, 2.75) is 6.54 Å². The molecule has 1 amide bonds. The molecule has 0 spiro atoms. The van der Waals surface area contributed by atoms with E-state index < -0.39 is 0 Å². The third kappa shape index (κ3) is 6.54. The SMILES string of the molecule is COc1ccc(Br)cc1C=NNC(=O)C[NH+]1CC[NH+](Cc2ccccc2Cl)CC1. The Morgan fingerprint density at radius 1 is 1.21 bits per heavy atom. The molecule has 1 aliphatic rings. The summed E-state index contributed by atoms with van der Waals surface area (Å²) in [5.41, 5.74) is 4.60. The van der Waals surface area contributed by atoms with Crippen molar-refractivity contribution in [1.29, 1.82) is 0 Å². The fourth-order valence-corrected chi connectivity index (χ4v) is 4.05. The van der Waals surface area contributed by atoms with E-state index in [1.165, 1.54) is 15.4 Å². The Balaban J connectivity index is 1.43. The van der Waals surface area contributed by atoms with Crippen LogP contribution in [0.2, 0.25) is 5.02 Å². The molecule has 2 aromatic carbocycles. The van der Waals surface area contributed by atoms with Gasteiger partial charge < -0.3 is 14.5 Å². The van der Waals surface area contributed by atoms with Crippen LogP contribution in [0.25, 0.3) is 0 Å². The number of quaternary nitrogens is 2. The first-order valence-corrected chi connectivity index (χ1v) is 10.8. The van der Waals surface area contributed by atoms with E-state index in [9.17, 15) is 4.79 Å². The number of carbonyl (C=O) groups is 1. The van der Waals surface area contributed by atoms with Crippen LogP contribution in [0.15, 0.2) is 52.0 Å². The van der Waals surface area contributed by atoms with E-state index in [0.717, 1.165) is 47.8 Å². The summed E-state index contributed by atoms with van der Waals surface area (Å²) in [6.07, 6.45) is 1.60. The molecule has 3 N–H and O–H groups in total. The van der Waals surface area contributed by atoms with E-state index in [0.29, 0.717) is 12.3 Å². The number of nitrogens with one attached hydrogen (secondary N) is 3. The third-order valence-corrected chi connectivity index (χ3v) is 5.92. The second kappa shape index (κ2) is 10.7. The molecule has 0 aromatic heterocycles. The molecule has 1 saturated heterocycles. The van der Waals surface area contributed by atoms with Gasteiger partial charge in [0.25, 0.3) is 5.91 Å². The van der Waals surface area contributed by atoms with E-state index >= 15 is 0 Å². The summed E-state index contributed by atoms with van der Waals surface area (Å²) in [5.74, 6) is 0.620. The number of carbonyl (C=O) groups excluding carboxylic acids is 1. The summed E-state index contributed by atoms with van der Waals surface area (Å²) in [6.45, 7) is 5.30. The Kier molecular flexibility index (Phi) is 8.06. The van der Waals surface area contributed by atoms with Crippen LogP contribution in [-0.4, -0.2) is 52.0 Å². The fourth-order valence-electron chi connectivity index (χ4n) is 3.47. The topological polar surface area (TPSA) is 59.6 Å². The largest absolute Gasteiger partial charge is 0.496 e. The molecule has 1 fully saturated rings. The van der Waals surface area contributed by atoms with Gasteiger partial charge in [-0.1, -0.05) is 45.7 Å². The summed E-state index contributed by atoms with van der Waals surface area (Å²) in [7, 11) is 1.61. The molecule has 29 heavy (non-hydrogen) atoms. The Hall–Kier alpha value is -1.93. The first-order chi connectivity index (χ1) is 14.0. The van der Waals surface area contributed by atoms with Crippen molar-refractivity contribution in [3.05, 3.63) is 63.1 Å². The van der Waals surface area contributed by atoms with Crippen molar-refractivity contribution in [3.63, 3.8) is 0 Å². The number of nitrogens with zero attached hydrogens (tertiary/aromatic N) is 1. The molecule has 0 saturated carbocycles. The number of hydrogen-bond donors (Lipinski definition) is 3. The number of hydrazone groups is 1. The van der Waals surface area contributed by atoms with Gasteiger partial charge in [0, 0.05) is 20.6 Å². The van der Waals surface area contributed by atoms with E-state index in [2.05, 4.69) is 32.5 Å². The predicted molar refractivity (Wildman–Crippen MR) is 118 cm³/mol. The van der Waals surface area contributed by atoms with Gasteiger partial charge >= 0.3 is 0 Å². The standard InChI is InChI=1S/C21H24BrClN4O2/c1-29-20-7-6-18(22)12-17(20)13-24-25-21(28)15-27-10-8-26(9-11-27)14-16-4-2-3-5-19(16)23/h2-7,12-13H,8-11,14-15H2,1H3,(H,25,28)/p+2. The number of halogens is 2. The van der Waals surface area contributed by atoms with Crippen LogP contribution in [0.5, 0.6) is 5.75 Å². The highest BCUT2D eigenvalue weighted by molar-refractivity contribution is 9.10. The van der Waals surface area contributed by atoms with Gasteiger partial charge in [0.2, 0.25) is 0 Å². The minimum atomic E-state index is -0.0835. The molecule has 0 atom stereocenters. The Bertz CT molecular complexity index is 870. The molecule has 3 rings (SSSR count). The number of benzene rings is 2. The number of ether oxygens (including phenoxy) is 1. The van der Waals surface area contributed by atoms with Gasteiger partial charge in [-0.25, -0.2) is 5.43 Å². The average Bonchev–Trinajstić information content (AvgIpc) is 2.71. The lowest BCUT2D eigenvalue weighted by atomic mass is 10.2. The van der Waals surface area contributed by atoms with Gasteiger partial charge in [0.05, 0.1) is 13.3 Å². The molecule has 0 aliphatic carbocycles. The zero-order chi connectivity index (χ0) is 20.6. The lowest BCUT2D eigenvalue weighted by Crippen LogP contribution is -3.28. The Morgan fingerprint density at radius 2 is 1.93 bits per heavy atom. The number of piperazine rings is 1. The summed E-state index contributed by atoms with van der Waals surface area (Å²) in [4.78, 5) is 15.0. The molecule has 1 aliphatic heterocycles. The number of rotatable bonds is 7. The quantitative estimate of drug-likeness (QED) is 0.399. The molecule has 0 unspecified atom stereocenters. The Morgan fingerprint density at radius 3 is 2.66 bits per heavy atom. The Labute approximate surface area is 184 Å². The molecule has 6 nitrogen and oxygen atoms in total. The zero-order valence-electron chi connectivity index (χ0n) is 16.4. The molecule has 0 radical (unpaired) electrons. The van der Waals surface area contributed by atoms with Gasteiger partial charge in [-0.3, -0.25) is 4.79 Å². The smallest absolute Gasteiger partial charge is 0.295 e. The monoisotopic (exact) mass is 480 g/mol. The highest BCUT2D eigenvalue weighted by Crippen LogP contribution is 2.21. The van der Waals surface area contributed by atoms with E-state index in [1.807, 2.05) is 36.4 Å². The van der Waals surface area contributed by atoms with Crippen LogP contribution in [0.4, 0.5) is 0 Å². The molecule has 154 valence electrons. The van der Waals surface area contributed by atoms with Crippen LogP contribution in [0.3, 0.4) is 0 Å². The summed E-state index contributed by atoms with van der Waals surface area (Å²) >= 11 is 9.69. The molecular weight excluding hydrogens is 456 g/mol. The van der Waals surface area contributed by atoms with Gasteiger partial charge in [0.1, 0.15) is 38.5 Å². The maximum atomic E-state index is 12.2. The van der Waals surface area contributed by atoms with Gasteiger partial charge in [-0.2, -0.15) is 5.10 Å². The fraction of sp³-hybridized carbons (Fsp3) is 0.333. The minimum absolute atomic E-state index is 0.0835. The second-order valence-corrected chi connectivity index (χ2v) is 8.45. The highest BCUT2D eigenvalue weighted by Gasteiger charge is 2.25.